The summed E-state index contributed by atoms with van der Waals surface area (Å²) in [4.78, 5) is 16.5. The Hall–Kier alpha value is -3.09. The molecule has 0 aliphatic heterocycles. The molecule has 9 nitrogen and oxygen atoms in total. The second-order valence-corrected chi connectivity index (χ2v) is 10.5. The van der Waals surface area contributed by atoms with Gasteiger partial charge in [0, 0.05) is 12.4 Å². The third-order valence-electron chi connectivity index (χ3n) is 4.29. The van der Waals surface area contributed by atoms with Crippen molar-refractivity contribution < 1.29 is 17.9 Å². The molecular weight excluding hydrogens is 530 g/mol. The number of hydrogen-bond donors (Lipinski definition) is 1. The van der Waals surface area contributed by atoms with Crippen molar-refractivity contribution in [3.8, 4) is 23.0 Å². The summed E-state index contributed by atoms with van der Waals surface area (Å²) >= 11 is 4.38. The van der Waals surface area contributed by atoms with Gasteiger partial charge < -0.3 is 9.47 Å². The summed E-state index contributed by atoms with van der Waals surface area (Å²) in [5.41, 5.74) is 2.19. The Morgan fingerprint density at radius 1 is 1.00 bits per heavy atom. The van der Waals surface area contributed by atoms with E-state index in [0.29, 0.717) is 11.1 Å². The Bertz CT molecular complexity index is 1320. The van der Waals surface area contributed by atoms with Crippen molar-refractivity contribution in [1.29, 1.82) is 0 Å². The zero-order chi connectivity index (χ0) is 23.3. The van der Waals surface area contributed by atoms with Gasteiger partial charge in [-0.3, -0.25) is 4.72 Å². The van der Waals surface area contributed by atoms with Gasteiger partial charge in [-0.15, -0.1) is 11.3 Å². The first-order valence-corrected chi connectivity index (χ1v) is 12.8. The number of benzene rings is 1. The number of hydrogen-bond acceptors (Lipinski definition) is 9. The van der Waals surface area contributed by atoms with Crippen LogP contribution in [0.15, 0.2) is 69.2 Å². The van der Waals surface area contributed by atoms with E-state index in [-0.39, 0.29) is 35.1 Å². The van der Waals surface area contributed by atoms with Crippen LogP contribution in [0.3, 0.4) is 0 Å². The number of rotatable bonds is 9. The van der Waals surface area contributed by atoms with Crippen molar-refractivity contribution >= 4 is 43.1 Å². The molecule has 0 unspecified atom stereocenters. The van der Waals surface area contributed by atoms with Crippen molar-refractivity contribution in [2.45, 2.75) is 11.1 Å². The lowest BCUT2D eigenvalue weighted by Crippen LogP contribution is -2.15. The van der Waals surface area contributed by atoms with Crippen molar-refractivity contribution in [3.05, 3.63) is 70.5 Å². The summed E-state index contributed by atoms with van der Waals surface area (Å²) in [7, 11) is -3.81. The smallest absolute Gasteiger partial charge is 0.316 e. The van der Waals surface area contributed by atoms with Gasteiger partial charge in [0.05, 0.1) is 10.0 Å². The monoisotopic (exact) mass is 547 g/mol. The molecular formula is C21H18BrN5O4S2. The summed E-state index contributed by atoms with van der Waals surface area (Å²) in [5.74, 6) is 0.340. The second kappa shape index (κ2) is 10.2. The lowest BCUT2D eigenvalue weighted by molar-refractivity contribution is 0.202. The summed E-state index contributed by atoms with van der Waals surface area (Å²) in [6.45, 7) is 2.26. The largest absolute Gasteiger partial charge is 0.473 e. The fourth-order valence-electron chi connectivity index (χ4n) is 2.78. The predicted molar refractivity (Wildman–Crippen MR) is 128 cm³/mol. The number of thiophene rings is 1. The van der Waals surface area contributed by atoms with Gasteiger partial charge in [0.15, 0.2) is 5.82 Å². The number of halogens is 1. The van der Waals surface area contributed by atoms with Gasteiger partial charge in [0.2, 0.25) is 5.88 Å². The SMILES string of the molecule is Cc1ccc(-c2c(NS(=O)(=O)c3cccs3)ncnc2OCCOc2ncc(Br)cn2)cc1. The van der Waals surface area contributed by atoms with E-state index in [4.69, 9.17) is 9.47 Å². The van der Waals surface area contributed by atoms with E-state index >= 15 is 0 Å². The lowest BCUT2D eigenvalue weighted by Gasteiger charge is -2.15. The van der Waals surface area contributed by atoms with Crippen LogP contribution in [0.4, 0.5) is 5.82 Å². The zero-order valence-electron chi connectivity index (χ0n) is 17.3. The van der Waals surface area contributed by atoms with Crippen molar-refractivity contribution in [1.82, 2.24) is 19.9 Å². The molecule has 12 heteroatoms. The summed E-state index contributed by atoms with van der Waals surface area (Å²) in [6.07, 6.45) is 4.40. The molecule has 0 radical (unpaired) electrons. The molecule has 4 rings (SSSR count). The minimum absolute atomic E-state index is 0.120. The van der Waals surface area contributed by atoms with Crippen LogP contribution >= 0.6 is 27.3 Å². The molecule has 170 valence electrons. The highest BCUT2D eigenvalue weighted by Gasteiger charge is 2.22. The van der Waals surface area contributed by atoms with Crippen LogP contribution in [-0.4, -0.2) is 41.6 Å². The second-order valence-electron chi connectivity index (χ2n) is 6.69. The molecule has 0 spiro atoms. The lowest BCUT2D eigenvalue weighted by atomic mass is 10.1. The molecule has 33 heavy (non-hydrogen) atoms. The molecule has 3 heterocycles. The number of nitrogens with zero attached hydrogens (tertiary/aromatic N) is 4. The fraction of sp³-hybridized carbons (Fsp3) is 0.143. The first-order valence-electron chi connectivity index (χ1n) is 9.64. The summed E-state index contributed by atoms with van der Waals surface area (Å²) in [6, 6.07) is 11.0. The Morgan fingerprint density at radius 3 is 2.42 bits per heavy atom. The molecule has 4 aromatic rings. The quantitative estimate of drug-likeness (QED) is 0.308. The molecule has 0 amide bonds. The topological polar surface area (TPSA) is 116 Å². The molecule has 0 bridgehead atoms. The van der Waals surface area contributed by atoms with Gasteiger partial charge >= 0.3 is 6.01 Å². The molecule has 1 aromatic carbocycles. The van der Waals surface area contributed by atoms with Gasteiger partial charge in [-0.2, -0.15) is 0 Å². The summed E-state index contributed by atoms with van der Waals surface area (Å²) in [5, 5.41) is 1.69. The molecule has 3 aromatic heterocycles. The van der Waals surface area contributed by atoms with Crippen LogP contribution in [0.25, 0.3) is 11.1 Å². The molecule has 0 atom stereocenters. The Kier molecular flexibility index (Phi) is 7.16. The van der Waals surface area contributed by atoms with Crippen LogP contribution in [0.2, 0.25) is 0 Å². The molecule has 0 saturated heterocycles. The molecule has 0 aliphatic rings. The van der Waals surface area contributed by atoms with Crippen LogP contribution in [-0.2, 0) is 10.0 Å². The minimum atomic E-state index is -3.81. The minimum Gasteiger partial charge on any atom is -0.473 e. The Balaban J connectivity index is 1.58. The average Bonchev–Trinajstić information content (AvgIpc) is 3.35. The summed E-state index contributed by atoms with van der Waals surface area (Å²) < 4.78 is 40.4. The van der Waals surface area contributed by atoms with E-state index in [0.717, 1.165) is 21.4 Å². The van der Waals surface area contributed by atoms with Crippen LogP contribution in [0.5, 0.6) is 11.9 Å². The van der Waals surface area contributed by atoms with Gasteiger partial charge in [-0.25, -0.2) is 28.4 Å². The van der Waals surface area contributed by atoms with Crippen molar-refractivity contribution in [3.63, 3.8) is 0 Å². The third-order valence-corrected chi connectivity index (χ3v) is 7.44. The maximum Gasteiger partial charge on any atom is 0.316 e. The Morgan fingerprint density at radius 2 is 1.73 bits per heavy atom. The van der Waals surface area contributed by atoms with E-state index in [2.05, 4.69) is 40.6 Å². The number of anilines is 1. The first-order chi connectivity index (χ1) is 15.9. The van der Waals surface area contributed by atoms with Gasteiger partial charge in [0.1, 0.15) is 23.8 Å². The average molecular weight is 548 g/mol. The maximum atomic E-state index is 12.8. The number of ether oxygens (including phenoxy) is 2. The standard InChI is InChI=1S/C21H18BrN5O4S2/c1-14-4-6-15(7-5-14)18-19(27-33(28,29)17-3-2-10-32-17)25-13-26-20(18)30-8-9-31-21-23-11-16(22)12-24-21/h2-7,10-13H,8-9H2,1H3,(H,25,26,27). The fourth-order valence-corrected chi connectivity index (χ4v) is 5.00. The van der Waals surface area contributed by atoms with E-state index in [9.17, 15) is 8.42 Å². The van der Waals surface area contributed by atoms with Crippen molar-refractivity contribution in [2.24, 2.45) is 0 Å². The van der Waals surface area contributed by atoms with Gasteiger partial charge in [0.25, 0.3) is 10.0 Å². The van der Waals surface area contributed by atoms with Gasteiger partial charge in [-0.05, 0) is 39.9 Å². The van der Waals surface area contributed by atoms with E-state index < -0.39 is 10.0 Å². The number of aromatic nitrogens is 4. The predicted octanol–water partition coefficient (Wildman–Crippen LogP) is 4.32. The van der Waals surface area contributed by atoms with E-state index in [1.807, 2.05) is 31.2 Å². The number of aryl methyl sites for hydroxylation is 1. The number of sulfonamides is 1. The highest BCUT2D eigenvalue weighted by Crippen LogP contribution is 2.35. The third kappa shape index (κ3) is 5.83. The molecule has 1 N–H and O–H groups in total. The van der Waals surface area contributed by atoms with Crippen LogP contribution in [0, 0.1) is 6.92 Å². The molecule has 0 aliphatic carbocycles. The molecule has 0 fully saturated rings. The maximum absolute atomic E-state index is 12.8. The van der Waals surface area contributed by atoms with Crippen LogP contribution < -0.4 is 14.2 Å². The number of nitrogens with one attached hydrogen (secondary N) is 1. The zero-order valence-corrected chi connectivity index (χ0v) is 20.5. The van der Waals surface area contributed by atoms with Gasteiger partial charge in [-0.1, -0.05) is 35.9 Å². The Labute approximate surface area is 203 Å². The van der Waals surface area contributed by atoms with E-state index in [1.165, 1.54) is 12.4 Å². The normalized spacial score (nSPS) is 11.2. The van der Waals surface area contributed by atoms with Crippen LogP contribution in [0.1, 0.15) is 5.56 Å². The molecule has 0 saturated carbocycles. The highest BCUT2D eigenvalue weighted by atomic mass is 79.9. The van der Waals surface area contributed by atoms with E-state index in [1.54, 1.807) is 23.8 Å². The van der Waals surface area contributed by atoms with Crippen molar-refractivity contribution in [2.75, 3.05) is 17.9 Å². The highest BCUT2D eigenvalue weighted by molar-refractivity contribution is 9.10. The first kappa shape index (κ1) is 23.1.